The normalized spacial score (nSPS) is 17.1. The van der Waals surface area contributed by atoms with Crippen LogP contribution in [0.3, 0.4) is 0 Å². The molecule has 0 aromatic heterocycles. The summed E-state index contributed by atoms with van der Waals surface area (Å²) in [6, 6.07) is 7.64. The molecule has 0 bridgehead atoms. The molecule has 0 spiro atoms. The predicted octanol–water partition coefficient (Wildman–Crippen LogP) is 2.81. The van der Waals surface area contributed by atoms with Crippen LogP contribution in [0.5, 0.6) is 0 Å². The van der Waals surface area contributed by atoms with Gasteiger partial charge in [-0.1, -0.05) is 12.1 Å². The van der Waals surface area contributed by atoms with Crippen LogP contribution in [0.25, 0.3) is 0 Å². The largest absolute Gasteiger partial charge is 0.381 e. The molecule has 0 unspecified atom stereocenters. The van der Waals surface area contributed by atoms with E-state index in [1.165, 1.54) is 0 Å². The Morgan fingerprint density at radius 1 is 1.31 bits per heavy atom. The van der Waals surface area contributed by atoms with Crippen molar-refractivity contribution < 1.29 is 9.53 Å². The van der Waals surface area contributed by atoms with E-state index in [2.05, 4.69) is 21.2 Å². The van der Waals surface area contributed by atoms with Crippen LogP contribution < -0.4 is 5.32 Å². The van der Waals surface area contributed by atoms with E-state index in [1.54, 1.807) is 0 Å². The maximum absolute atomic E-state index is 11.9. The Balaban J connectivity index is 1.99. The van der Waals surface area contributed by atoms with Crippen LogP contribution in [-0.4, -0.2) is 19.1 Å². The quantitative estimate of drug-likeness (QED) is 0.907. The molecule has 1 saturated heterocycles. The van der Waals surface area contributed by atoms with E-state index in [1.807, 2.05) is 24.3 Å². The first-order chi connectivity index (χ1) is 7.77. The van der Waals surface area contributed by atoms with Gasteiger partial charge in [0.05, 0.1) is 5.69 Å². The smallest absolute Gasteiger partial charge is 0.227 e. The molecule has 1 N–H and O–H groups in total. The number of ether oxygens (including phenoxy) is 1. The van der Waals surface area contributed by atoms with Crippen molar-refractivity contribution in [3.8, 4) is 0 Å². The van der Waals surface area contributed by atoms with Gasteiger partial charge in [0.25, 0.3) is 0 Å². The highest BCUT2D eigenvalue weighted by Gasteiger charge is 2.21. The minimum atomic E-state index is 0.0841. The fourth-order valence-corrected chi connectivity index (χ4v) is 2.14. The number of benzene rings is 1. The molecule has 4 heteroatoms. The molecule has 2 rings (SSSR count). The Morgan fingerprint density at radius 2 is 2.00 bits per heavy atom. The zero-order valence-electron chi connectivity index (χ0n) is 8.91. The average Bonchev–Trinajstić information content (AvgIpc) is 2.33. The molecular formula is C12H14BrNO2. The molecule has 1 aromatic carbocycles. The van der Waals surface area contributed by atoms with E-state index >= 15 is 0 Å². The number of hydrogen-bond acceptors (Lipinski definition) is 2. The summed E-state index contributed by atoms with van der Waals surface area (Å²) in [4.78, 5) is 11.9. The molecule has 1 amide bonds. The number of carbonyl (C=O) groups excluding carboxylic acids is 1. The van der Waals surface area contributed by atoms with Crippen LogP contribution in [0.1, 0.15) is 12.8 Å². The number of anilines is 1. The molecule has 1 aliphatic heterocycles. The number of amides is 1. The standard InChI is InChI=1S/C12H14BrNO2/c13-10-3-1-2-4-11(10)14-12(15)9-5-7-16-8-6-9/h1-4,9H,5-8H2,(H,14,15). The molecule has 1 aliphatic rings. The number of rotatable bonds is 2. The Morgan fingerprint density at radius 3 is 2.69 bits per heavy atom. The molecule has 1 heterocycles. The van der Waals surface area contributed by atoms with Crippen LogP contribution in [-0.2, 0) is 9.53 Å². The molecule has 0 radical (unpaired) electrons. The second-order valence-electron chi connectivity index (χ2n) is 3.86. The zero-order valence-corrected chi connectivity index (χ0v) is 10.5. The van der Waals surface area contributed by atoms with Crippen molar-refractivity contribution in [2.24, 2.45) is 5.92 Å². The van der Waals surface area contributed by atoms with Crippen molar-refractivity contribution in [1.29, 1.82) is 0 Å². The molecule has 0 atom stereocenters. The highest BCUT2D eigenvalue weighted by molar-refractivity contribution is 9.10. The lowest BCUT2D eigenvalue weighted by Gasteiger charge is -2.21. The average molecular weight is 284 g/mol. The van der Waals surface area contributed by atoms with Crippen molar-refractivity contribution in [3.05, 3.63) is 28.7 Å². The van der Waals surface area contributed by atoms with E-state index in [0.29, 0.717) is 13.2 Å². The minimum absolute atomic E-state index is 0.0841. The number of carbonyl (C=O) groups is 1. The number of nitrogens with one attached hydrogen (secondary N) is 1. The molecule has 3 nitrogen and oxygen atoms in total. The van der Waals surface area contributed by atoms with E-state index in [4.69, 9.17) is 4.74 Å². The minimum Gasteiger partial charge on any atom is -0.381 e. The summed E-state index contributed by atoms with van der Waals surface area (Å²) in [5.74, 6) is 0.177. The lowest BCUT2D eigenvalue weighted by atomic mass is 9.99. The fourth-order valence-electron chi connectivity index (χ4n) is 1.76. The summed E-state index contributed by atoms with van der Waals surface area (Å²) < 4.78 is 6.15. The van der Waals surface area contributed by atoms with Gasteiger partial charge in [0, 0.05) is 23.6 Å². The Labute approximate surface area is 103 Å². The van der Waals surface area contributed by atoms with E-state index in [9.17, 15) is 4.79 Å². The first kappa shape index (κ1) is 11.6. The zero-order chi connectivity index (χ0) is 11.4. The summed E-state index contributed by atoms with van der Waals surface area (Å²) >= 11 is 3.41. The van der Waals surface area contributed by atoms with Gasteiger partial charge in [0.2, 0.25) is 5.91 Å². The van der Waals surface area contributed by atoms with Gasteiger partial charge in [-0.05, 0) is 40.9 Å². The van der Waals surface area contributed by atoms with Crippen LogP contribution in [0.2, 0.25) is 0 Å². The molecule has 0 saturated carbocycles. The monoisotopic (exact) mass is 283 g/mol. The maximum Gasteiger partial charge on any atom is 0.227 e. The first-order valence-corrected chi connectivity index (χ1v) is 6.20. The third kappa shape index (κ3) is 2.83. The number of halogens is 1. The summed E-state index contributed by atoms with van der Waals surface area (Å²) in [6.07, 6.45) is 1.63. The molecule has 0 aliphatic carbocycles. The Bertz CT molecular complexity index is 375. The summed E-state index contributed by atoms with van der Waals surface area (Å²) in [5, 5.41) is 2.94. The third-order valence-corrected chi connectivity index (χ3v) is 3.42. The van der Waals surface area contributed by atoms with Gasteiger partial charge in [-0.15, -0.1) is 0 Å². The molecular weight excluding hydrogens is 270 g/mol. The lowest BCUT2D eigenvalue weighted by molar-refractivity contribution is -0.122. The highest BCUT2D eigenvalue weighted by Crippen LogP contribution is 2.23. The van der Waals surface area contributed by atoms with Gasteiger partial charge >= 0.3 is 0 Å². The second kappa shape index (κ2) is 5.46. The summed E-state index contributed by atoms with van der Waals surface area (Å²) in [6.45, 7) is 1.38. The van der Waals surface area contributed by atoms with Gasteiger partial charge in [-0.25, -0.2) is 0 Å². The molecule has 1 fully saturated rings. The van der Waals surface area contributed by atoms with Gasteiger partial charge in [-0.3, -0.25) is 4.79 Å². The van der Waals surface area contributed by atoms with Gasteiger partial charge in [0.15, 0.2) is 0 Å². The van der Waals surface area contributed by atoms with Crippen LogP contribution >= 0.6 is 15.9 Å². The van der Waals surface area contributed by atoms with Crippen LogP contribution in [0.4, 0.5) is 5.69 Å². The first-order valence-electron chi connectivity index (χ1n) is 5.40. The topological polar surface area (TPSA) is 38.3 Å². The van der Waals surface area contributed by atoms with E-state index in [0.717, 1.165) is 23.0 Å². The van der Waals surface area contributed by atoms with Crippen molar-refractivity contribution >= 4 is 27.5 Å². The molecule has 86 valence electrons. The predicted molar refractivity (Wildman–Crippen MR) is 66.3 cm³/mol. The maximum atomic E-state index is 11.9. The fraction of sp³-hybridized carbons (Fsp3) is 0.417. The van der Waals surface area contributed by atoms with Gasteiger partial charge in [-0.2, -0.15) is 0 Å². The van der Waals surface area contributed by atoms with Gasteiger partial charge < -0.3 is 10.1 Å². The van der Waals surface area contributed by atoms with Crippen LogP contribution in [0.15, 0.2) is 28.7 Å². The van der Waals surface area contributed by atoms with Crippen LogP contribution in [0, 0.1) is 5.92 Å². The Hall–Kier alpha value is -0.870. The molecule has 1 aromatic rings. The summed E-state index contributed by atoms with van der Waals surface area (Å²) in [5.41, 5.74) is 0.832. The van der Waals surface area contributed by atoms with E-state index < -0.39 is 0 Å². The summed E-state index contributed by atoms with van der Waals surface area (Å²) in [7, 11) is 0. The SMILES string of the molecule is O=C(Nc1ccccc1Br)C1CCOCC1. The number of para-hydroxylation sites is 1. The third-order valence-electron chi connectivity index (χ3n) is 2.72. The Kier molecular flexibility index (Phi) is 3.96. The lowest BCUT2D eigenvalue weighted by Crippen LogP contribution is -2.28. The van der Waals surface area contributed by atoms with Crippen molar-refractivity contribution in [1.82, 2.24) is 0 Å². The second-order valence-corrected chi connectivity index (χ2v) is 4.71. The molecule has 16 heavy (non-hydrogen) atoms. The van der Waals surface area contributed by atoms with Crippen molar-refractivity contribution in [3.63, 3.8) is 0 Å². The van der Waals surface area contributed by atoms with Gasteiger partial charge in [0.1, 0.15) is 0 Å². The highest BCUT2D eigenvalue weighted by atomic mass is 79.9. The van der Waals surface area contributed by atoms with Crippen molar-refractivity contribution in [2.45, 2.75) is 12.8 Å². The van der Waals surface area contributed by atoms with E-state index in [-0.39, 0.29) is 11.8 Å². The number of hydrogen-bond donors (Lipinski definition) is 1. The van der Waals surface area contributed by atoms with Crippen molar-refractivity contribution in [2.75, 3.05) is 18.5 Å².